The zero-order chi connectivity index (χ0) is 20.5. The Hall–Kier alpha value is 0.777. The number of rotatable bonds is 6. The van der Waals surface area contributed by atoms with Crippen LogP contribution in [0, 0.1) is 0 Å². The fourth-order valence-corrected chi connectivity index (χ4v) is 20.4. The summed E-state index contributed by atoms with van der Waals surface area (Å²) >= 11 is -0.657. The second kappa shape index (κ2) is 12.0. The maximum absolute atomic E-state index is 2.91. The Kier molecular flexibility index (Phi) is 10.8. The third-order valence-electron chi connectivity index (χ3n) is 7.78. The summed E-state index contributed by atoms with van der Waals surface area (Å²) in [6, 6.07) is 0. The van der Waals surface area contributed by atoms with Crippen LogP contribution >= 0.6 is 24.8 Å². The van der Waals surface area contributed by atoms with Crippen LogP contribution in [0.15, 0.2) is 41.3 Å². The molecule has 174 valence electrons. The van der Waals surface area contributed by atoms with Crippen LogP contribution < -0.4 is 0 Å². The molecule has 4 rings (SSSR count). The van der Waals surface area contributed by atoms with Crippen LogP contribution in [0.2, 0.25) is 26.2 Å². The molecule has 0 saturated carbocycles. The third-order valence-corrected chi connectivity index (χ3v) is 20.4. The normalized spacial score (nSPS) is 23.2. The SMILES string of the molecule is C[Si](C)(C1=[C]([Zr][C]2=C([Si](C)(C)N3CCCCC3)C=CC2)CC=C1)N1CCCCC1.Cl.Cl. The first-order valence-corrected chi connectivity index (χ1v) is 20.3. The number of hydrogen-bond donors (Lipinski definition) is 0. The minimum atomic E-state index is -1.48. The van der Waals surface area contributed by atoms with E-state index in [-0.39, 0.29) is 24.8 Å². The number of piperidine rings is 2. The molecule has 31 heavy (non-hydrogen) atoms. The molecule has 0 aromatic rings. The van der Waals surface area contributed by atoms with Gasteiger partial charge in [-0.05, 0) is 0 Å². The molecule has 2 fully saturated rings. The van der Waals surface area contributed by atoms with E-state index >= 15 is 0 Å². The van der Waals surface area contributed by atoms with E-state index < -0.39 is 39.7 Å². The minimum Gasteiger partial charge on any atom is -0.147 e. The van der Waals surface area contributed by atoms with E-state index in [0.29, 0.717) is 0 Å². The van der Waals surface area contributed by atoms with Crippen molar-refractivity contribution in [3.05, 3.63) is 41.3 Å². The van der Waals surface area contributed by atoms with Gasteiger partial charge in [-0.3, -0.25) is 0 Å². The van der Waals surface area contributed by atoms with Gasteiger partial charge in [0.05, 0.1) is 0 Å². The van der Waals surface area contributed by atoms with E-state index in [4.69, 9.17) is 0 Å². The number of hydrogen-bond acceptors (Lipinski definition) is 2. The van der Waals surface area contributed by atoms with Gasteiger partial charge in [0.25, 0.3) is 0 Å². The zero-order valence-corrected chi connectivity index (χ0v) is 26.1. The Morgan fingerprint density at radius 3 is 1.32 bits per heavy atom. The summed E-state index contributed by atoms with van der Waals surface area (Å²) in [6.07, 6.45) is 21.2. The largest absolute Gasteiger partial charge is 0.147 e. The molecule has 2 heterocycles. The van der Waals surface area contributed by atoms with Gasteiger partial charge in [-0.2, -0.15) is 0 Å². The van der Waals surface area contributed by atoms with Gasteiger partial charge in [0.2, 0.25) is 0 Å². The summed E-state index contributed by atoms with van der Waals surface area (Å²) in [4.78, 5) is 0. The fraction of sp³-hybridized carbons (Fsp3) is 0.667. The number of allylic oxidation sites excluding steroid dienone is 8. The molecule has 4 aliphatic rings. The monoisotopic (exact) mass is 574 g/mol. The molecule has 2 nitrogen and oxygen atoms in total. The van der Waals surface area contributed by atoms with E-state index in [1.165, 1.54) is 77.5 Å². The van der Waals surface area contributed by atoms with Gasteiger partial charge < -0.3 is 0 Å². The first kappa shape index (κ1) is 28.0. The van der Waals surface area contributed by atoms with Gasteiger partial charge in [-0.15, -0.1) is 24.8 Å². The average molecular weight is 577 g/mol. The standard InChI is InChI=1S/2C12H20NSi.2ClH.Zr/c2*1-14(2,12-8-4-5-9-12)13-10-6-3-7-11-13;;;/h2*4,8H,3,5-7,10-11H2,1-2H3;2*1H;. The van der Waals surface area contributed by atoms with E-state index in [9.17, 15) is 0 Å². The predicted octanol–water partition coefficient (Wildman–Crippen LogP) is 6.80. The summed E-state index contributed by atoms with van der Waals surface area (Å²) in [5.74, 6) is 0. The van der Waals surface area contributed by atoms with E-state index in [1.54, 1.807) is 0 Å². The van der Waals surface area contributed by atoms with E-state index in [1.807, 2.05) is 17.0 Å². The summed E-state index contributed by atoms with van der Waals surface area (Å²) in [5.41, 5.74) is 0. The van der Waals surface area contributed by atoms with E-state index in [0.717, 1.165) is 0 Å². The Balaban J connectivity index is 0.00000171. The molecule has 0 aromatic carbocycles. The van der Waals surface area contributed by atoms with Crippen molar-refractivity contribution in [2.24, 2.45) is 0 Å². The second-order valence-corrected chi connectivity index (χ2v) is 22.5. The summed E-state index contributed by atoms with van der Waals surface area (Å²) in [6.45, 7) is 15.9. The van der Waals surface area contributed by atoms with Gasteiger partial charge in [0.15, 0.2) is 0 Å². The molecule has 0 N–H and O–H groups in total. The topological polar surface area (TPSA) is 6.48 Å². The molecule has 0 radical (unpaired) electrons. The third kappa shape index (κ3) is 6.07. The Labute approximate surface area is 217 Å². The predicted molar refractivity (Wildman–Crippen MR) is 142 cm³/mol. The van der Waals surface area contributed by atoms with Gasteiger partial charge in [-0.25, -0.2) is 0 Å². The van der Waals surface area contributed by atoms with Crippen LogP contribution in [0.25, 0.3) is 0 Å². The van der Waals surface area contributed by atoms with Crippen molar-refractivity contribution in [3.8, 4) is 0 Å². The molecule has 0 unspecified atom stereocenters. The molecule has 2 aliphatic carbocycles. The van der Waals surface area contributed by atoms with Crippen molar-refractivity contribution < 1.29 is 23.2 Å². The van der Waals surface area contributed by atoms with Crippen molar-refractivity contribution >= 4 is 41.3 Å². The van der Waals surface area contributed by atoms with Crippen molar-refractivity contribution in [3.63, 3.8) is 0 Å². The summed E-state index contributed by atoms with van der Waals surface area (Å²) in [7, 11) is -2.96. The number of halogens is 2. The number of nitrogens with zero attached hydrogens (tertiary/aromatic N) is 2. The molecular weight excluding hydrogens is 535 g/mol. The molecule has 0 bridgehead atoms. The quantitative estimate of drug-likeness (QED) is 0.321. The molecule has 2 saturated heterocycles. The minimum absolute atomic E-state index is 0. The Morgan fingerprint density at radius 2 is 0.968 bits per heavy atom. The van der Waals surface area contributed by atoms with Crippen molar-refractivity contribution in [1.82, 2.24) is 9.13 Å². The van der Waals surface area contributed by atoms with Crippen LogP contribution in [-0.4, -0.2) is 51.8 Å². The molecule has 0 spiro atoms. The van der Waals surface area contributed by atoms with Crippen molar-refractivity contribution in [2.75, 3.05) is 26.2 Å². The van der Waals surface area contributed by atoms with Crippen LogP contribution in [0.4, 0.5) is 0 Å². The Bertz CT molecular complexity index is 685. The first-order chi connectivity index (χ1) is 13.9. The van der Waals surface area contributed by atoms with Gasteiger partial charge in [-0.1, -0.05) is 0 Å². The van der Waals surface area contributed by atoms with Crippen molar-refractivity contribution in [2.45, 2.75) is 77.6 Å². The molecule has 0 aromatic heterocycles. The van der Waals surface area contributed by atoms with E-state index in [2.05, 4.69) is 59.6 Å². The van der Waals surface area contributed by atoms with Crippen LogP contribution in [-0.2, 0) is 23.2 Å². The maximum atomic E-state index is 2.91. The van der Waals surface area contributed by atoms with Gasteiger partial charge in [0.1, 0.15) is 0 Å². The summed E-state index contributed by atoms with van der Waals surface area (Å²) < 4.78 is 9.68. The van der Waals surface area contributed by atoms with Crippen LogP contribution in [0.3, 0.4) is 0 Å². The fourth-order valence-electron chi connectivity index (χ4n) is 5.82. The van der Waals surface area contributed by atoms with Crippen molar-refractivity contribution in [1.29, 1.82) is 0 Å². The molecule has 0 atom stereocenters. The summed E-state index contributed by atoms with van der Waals surface area (Å²) in [5, 5.41) is 3.67. The molecule has 7 heteroatoms. The van der Waals surface area contributed by atoms with Gasteiger partial charge in [0, 0.05) is 0 Å². The molecular formula is C24H42Cl2N2Si2Zr. The van der Waals surface area contributed by atoms with Gasteiger partial charge >= 0.3 is 194 Å². The first-order valence-electron chi connectivity index (χ1n) is 12.0. The second-order valence-electron chi connectivity index (χ2n) is 10.3. The zero-order valence-electron chi connectivity index (χ0n) is 20.0. The molecule has 2 aliphatic heterocycles. The Morgan fingerprint density at radius 1 is 0.613 bits per heavy atom. The average Bonchev–Trinajstić information content (AvgIpc) is 3.40. The smallest absolute Gasteiger partial charge is 0.147 e. The maximum Gasteiger partial charge on any atom is -0.147 e. The van der Waals surface area contributed by atoms with Crippen LogP contribution in [0.5, 0.6) is 0 Å². The van der Waals surface area contributed by atoms with Crippen LogP contribution in [0.1, 0.15) is 51.4 Å². The molecule has 0 amide bonds.